The second-order valence-corrected chi connectivity index (χ2v) is 10.6. The van der Waals surface area contributed by atoms with Gasteiger partial charge in [-0.2, -0.15) is 0 Å². The summed E-state index contributed by atoms with van der Waals surface area (Å²) in [5.41, 5.74) is 1.68. The van der Waals surface area contributed by atoms with E-state index in [0.717, 1.165) is 43.5 Å². The van der Waals surface area contributed by atoms with Crippen molar-refractivity contribution in [2.24, 2.45) is 5.92 Å². The highest BCUT2D eigenvalue weighted by atomic mass is 16.6. The summed E-state index contributed by atoms with van der Waals surface area (Å²) in [5.74, 6) is 1.75. The van der Waals surface area contributed by atoms with Gasteiger partial charge in [0, 0.05) is 34.7 Å². The summed E-state index contributed by atoms with van der Waals surface area (Å²) in [5, 5.41) is 14.2. The first kappa shape index (κ1) is 20.9. The molecule has 7 heteroatoms. The third-order valence-electron chi connectivity index (χ3n) is 7.83. The van der Waals surface area contributed by atoms with Crippen molar-refractivity contribution in [3.05, 3.63) is 17.2 Å². The number of piperidine rings is 1. The van der Waals surface area contributed by atoms with Gasteiger partial charge in [0.15, 0.2) is 11.5 Å². The fraction of sp³-hybridized carbons (Fsp3) is 0.708. The van der Waals surface area contributed by atoms with Crippen LogP contribution in [0, 0.1) is 5.92 Å². The highest BCUT2D eigenvalue weighted by molar-refractivity contribution is 5.72. The standard InChI is InChI=1S/C24H34N2O5/c1-23(2,3)31-19(28)12-25-15-7-6-14-16-10-13-18(29-5)11-17(27)21-20(13)24(14,22(15)30-21)8-9-26(16)4/h11,14-16,22,25,27H,6-10,12H2,1-5H3/t14-,15-,16+,22-,24-/m0/s1. The van der Waals surface area contributed by atoms with Crippen LogP contribution < -0.4 is 14.8 Å². The van der Waals surface area contributed by atoms with E-state index in [1.54, 1.807) is 13.2 Å². The van der Waals surface area contributed by atoms with Crippen molar-refractivity contribution in [3.8, 4) is 17.2 Å². The molecule has 1 saturated carbocycles. The molecule has 4 aliphatic rings. The number of esters is 1. The van der Waals surface area contributed by atoms with Gasteiger partial charge in [0.1, 0.15) is 17.5 Å². The summed E-state index contributed by atoms with van der Waals surface area (Å²) in [6, 6.07) is 2.15. The van der Waals surface area contributed by atoms with E-state index in [2.05, 4.69) is 17.3 Å². The first-order valence-electron chi connectivity index (χ1n) is 11.4. The Kier molecular flexibility index (Phi) is 4.72. The summed E-state index contributed by atoms with van der Waals surface area (Å²) in [6.45, 7) is 6.79. The van der Waals surface area contributed by atoms with Crippen molar-refractivity contribution in [2.75, 3.05) is 27.2 Å². The molecule has 2 aliphatic carbocycles. The molecule has 7 nitrogen and oxygen atoms in total. The normalized spacial score (nSPS) is 33.5. The van der Waals surface area contributed by atoms with Gasteiger partial charge in [-0.25, -0.2) is 0 Å². The van der Waals surface area contributed by atoms with E-state index in [9.17, 15) is 9.90 Å². The first-order chi connectivity index (χ1) is 14.7. The molecule has 2 bridgehead atoms. The maximum atomic E-state index is 12.3. The van der Waals surface area contributed by atoms with Gasteiger partial charge in [0.05, 0.1) is 13.7 Å². The number of rotatable bonds is 4. The molecule has 2 N–H and O–H groups in total. The fourth-order valence-electron chi connectivity index (χ4n) is 6.77. The van der Waals surface area contributed by atoms with Gasteiger partial charge in [-0.05, 0) is 66.0 Å². The van der Waals surface area contributed by atoms with Crippen LogP contribution in [0.5, 0.6) is 17.2 Å². The minimum atomic E-state index is -0.503. The number of ether oxygens (including phenoxy) is 3. The second kappa shape index (κ2) is 7.01. The fourth-order valence-corrected chi connectivity index (χ4v) is 6.77. The molecule has 0 radical (unpaired) electrons. The quantitative estimate of drug-likeness (QED) is 0.710. The Balaban J connectivity index is 1.51. The van der Waals surface area contributed by atoms with Crippen LogP contribution in [0.25, 0.3) is 0 Å². The number of aromatic hydroxyl groups is 1. The Labute approximate surface area is 184 Å². The van der Waals surface area contributed by atoms with Crippen LogP contribution in [0.2, 0.25) is 0 Å². The summed E-state index contributed by atoms with van der Waals surface area (Å²) >= 11 is 0. The Hall–Kier alpha value is -1.99. The van der Waals surface area contributed by atoms with Gasteiger partial charge in [0.25, 0.3) is 0 Å². The second-order valence-electron chi connectivity index (χ2n) is 10.6. The molecule has 31 heavy (non-hydrogen) atoms. The predicted octanol–water partition coefficient (Wildman–Crippen LogP) is 2.37. The van der Waals surface area contributed by atoms with Gasteiger partial charge in [-0.1, -0.05) is 0 Å². The number of carbonyl (C=O) groups excluding carboxylic acids is 1. The molecule has 0 amide bonds. The summed E-state index contributed by atoms with van der Waals surface area (Å²) in [7, 11) is 3.88. The predicted molar refractivity (Wildman–Crippen MR) is 116 cm³/mol. The highest BCUT2D eigenvalue weighted by Gasteiger charge is 2.65. The molecule has 0 unspecified atom stereocenters. The number of likely N-dealkylation sites (tertiary alicyclic amines) is 1. The molecule has 1 aromatic rings. The first-order valence-corrected chi connectivity index (χ1v) is 11.4. The maximum absolute atomic E-state index is 12.3. The zero-order chi connectivity index (χ0) is 22.1. The number of likely N-dealkylation sites (N-methyl/N-ethyl adjacent to an activating group) is 1. The van der Waals surface area contributed by atoms with Crippen molar-refractivity contribution in [1.29, 1.82) is 0 Å². The van der Waals surface area contributed by atoms with Crippen LogP contribution >= 0.6 is 0 Å². The van der Waals surface area contributed by atoms with Crippen molar-refractivity contribution in [2.45, 2.75) is 75.7 Å². The Morgan fingerprint density at radius 3 is 2.87 bits per heavy atom. The Bertz CT molecular complexity index is 910. The van der Waals surface area contributed by atoms with Gasteiger partial charge in [-0.15, -0.1) is 0 Å². The number of carbonyl (C=O) groups is 1. The number of nitrogens with zero attached hydrogens (tertiary/aromatic N) is 1. The van der Waals surface area contributed by atoms with Gasteiger partial charge in [0.2, 0.25) is 0 Å². The average molecular weight is 431 g/mol. The number of phenolic OH excluding ortho intramolecular Hbond substituents is 1. The van der Waals surface area contributed by atoms with E-state index >= 15 is 0 Å². The van der Waals surface area contributed by atoms with Crippen LogP contribution in [0.3, 0.4) is 0 Å². The van der Waals surface area contributed by atoms with E-state index in [1.807, 2.05) is 20.8 Å². The lowest BCUT2D eigenvalue weighted by atomic mass is 9.51. The molecule has 1 saturated heterocycles. The smallest absolute Gasteiger partial charge is 0.320 e. The van der Waals surface area contributed by atoms with E-state index in [-0.39, 0.29) is 35.8 Å². The summed E-state index contributed by atoms with van der Waals surface area (Å²) in [6.07, 6.45) is 3.79. The molecule has 1 spiro atoms. The zero-order valence-corrected chi connectivity index (χ0v) is 19.2. The highest BCUT2D eigenvalue weighted by Crippen LogP contribution is 2.65. The van der Waals surface area contributed by atoms with E-state index in [4.69, 9.17) is 14.2 Å². The molecule has 170 valence electrons. The van der Waals surface area contributed by atoms with E-state index < -0.39 is 5.60 Å². The molecular weight excluding hydrogens is 396 g/mol. The van der Waals surface area contributed by atoms with E-state index in [0.29, 0.717) is 17.7 Å². The number of hydrogen-bond donors (Lipinski definition) is 2. The minimum Gasteiger partial charge on any atom is -0.504 e. The SMILES string of the molecule is COc1cc(O)c2c3c1C[C@@H]1[C@@H]4CC[C@H](NCC(=O)OC(C)(C)C)[C@H](O2)[C@]34CCN1C. The molecule has 2 aliphatic heterocycles. The molecular formula is C24H34N2O5. The Morgan fingerprint density at radius 2 is 2.16 bits per heavy atom. The molecule has 5 rings (SSSR count). The van der Waals surface area contributed by atoms with Crippen LogP contribution in [-0.4, -0.2) is 67.0 Å². The lowest BCUT2D eigenvalue weighted by Crippen LogP contribution is -2.68. The summed E-state index contributed by atoms with van der Waals surface area (Å²) < 4.78 is 17.7. The maximum Gasteiger partial charge on any atom is 0.320 e. The summed E-state index contributed by atoms with van der Waals surface area (Å²) in [4.78, 5) is 14.8. The lowest BCUT2D eigenvalue weighted by molar-refractivity contribution is -0.154. The van der Waals surface area contributed by atoms with Crippen molar-refractivity contribution in [1.82, 2.24) is 10.2 Å². The van der Waals surface area contributed by atoms with Crippen molar-refractivity contribution < 1.29 is 24.1 Å². The molecule has 2 heterocycles. The van der Waals surface area contributed by atoms with Gasteiger partial charge < -0.3 is 29.5 Å². The number of hydrogen-bond acceptors (Lipinski definition) is 7. The largest absolute Gasteiger partial charge is 0.504 e. The van der Waals surface area contributed by atoms with Crippen molar-refractivity contribution in [3.63, 3.8) is 0 Å². The minimum absolute atomic E-state index is 0.0246. The van der Waals surface area contributed by atoms with Crippen molar-refractivity contribution >= 4 is 5.97 Å². The van der Waals surface area contributed by atoms with Crippen LogP contribution in [0.4, 0.5) is 0 Å². The molecule has 0 aromatic heterocycles. The molecule has 1 aromatic carbocycles. The van der Waals surface area contributed by atoms with Gasteiger partial charge >= 0.3 is 5.97 Å². The number of phenols is 1. The lowest BCUT2D eigenvalue weighted by Gasteiger charge is -2.59. The zero-order valence-electron chi connectivity index (χ0n) is 19.2. The number of benzene rings is 1. The molecule has 5 atom stereocenters. The number of nitrogens with one attached hydrogen (secondary N) is 1. The Morgan fingerprint density at radius 1 is 1.39 bits per heavy atom. The number of methoxy groups -OCH3 is 1. The van der Waals surface area contributed by atoms with Crippen LogP contribution in [-0.2, 0) is 21.4 Å². The monoisotopic (exact) mass is 430 g/mol. The third-order valence-corrected chi connectivity index (χ3v) is 7.83. The van der Waals surface area contributed by atoms with Crippen LogP contribution in [0.15, 0.2) is 6.07 Å². The van der Waals surface area contributed by atoms with Gasteiger partial charge in [-0.3, -0.25) is 4.79 Å². The van der Waals surface area contributed by atoms with E-state index in [1.165, 1.54) is 5.56 Å². The topological polar surface area (TPSA) is 80.3 Å². The average Bonchev–Trinajstić information content (AvgIpc) is 3.04. The van der Waals surface area contributed by atoms with Crippen LogP contribution in [0.1, 0.15) is 51.2 Å². The third kappa shape index (κ3) is 3.04. The molecule has 2 fully saturated rings.